The van der Waals surface area contributed by atoms with Gasteiger partial charge in [0.25, 0.3) is 0 Å². The molecule has 2 rings (SSSR count). The molecule has 0 spiro atoms. The molecule has 0 N–H and O–H groups in total. The molecule has 1 atom stereocenters. The topological polar surface area (TPSA) is 26.3 Å². The molecule has 0 aromatic heterocycles. The highest BCUT2D eigenvalue weighted by atomic mass is 16.5. The second-order valence-electron chi connectivity index (χ2n) is 6.57. The summed E-state index contributed by atoms with van der Waals surface area (Å²) in [7, 11) is 0. The first kappa shape index (κ1) is 18.3. The molecule has 0 heterocycles. The first-order valence-electron chi connectivity index (χ1n) is 8.86. The van der Waals surface area contributed by atoms with Gasteiger partial charge in [0.2, 0.25) is 0 Å². The highest BCUT2D eigenvalue weighted by Crippen LogP contribution is 2.20. The van der Waals surface area contributed by atoms with Gasteiger partial charge >= 0.3 is 0 Å². The van der Waals surface area contributed by atoms with Crippen molar-refractivity contribution in [2.24, 2.45) is 5.92 Å². The number of benzene rings is 2. The van der Waals surface area contributed by atoms with E-state index in [1.165, 1.54) is 29.5 Å². The lowest BCUT2D eigenvalue weighted by atomic mass is 9.91. The lowest BCUT2D eigenvalue weighted by molar-refractivity contribution is 0.112. The molecule has 0 saturated carbocycles. The summed E-state index contributed by atoms with van der Waals surface area (Å²) in [6, 6.07) is 14.1. The molecule has 2 aromatic carbocycles. The Morgan fingerprint density at radius 2 is 1.79 bits per heavy atom. The number of ether oxygens (including phenoxy) is 1. The summed E-state index contributed by atoms with van der Waals surface area (Å²) in [4.78, 5) is 10.6. The van der Waals surface area contributed by atoms with Crippen molar-refractivity contribution in [1.82, 2.24) is 0 Å². The van der Waals surface area contributed by atoms with Gasteiger partial charge in [-0.3, -0.25) is 4.79 Å². The lowest BCUT2D eigenvalue weighted by Crippen LogP contribution is -2.07. The lowest BCUT2D eigenvalue weighted by Gasteiger charge is -2.16. The van der Waals surface area contributed by atoms with Gasteiger partial charge in [0, 0.05) is 5.56 Å². The fourth-order valence-electron chi connectivity index (χ4n) is 2.92. The third-order valence-corrected chi connectivity index (χ3v) is 4.71. The Bertz CT molecular complexity index is 644. The summed E-state index contributed by atoms with van der Waals surface area (Å²) in [5, 5.41) is 0. The summed E-state index contributed by atoms with van der Waals surface area (Å²) >= 11 is 0. The number of hydrogen-bond acceptors (Lipinski definition) is 2. The number of rotatable bonds is 9. The molecule has 2 heteroatoms. The van der Waals surface area contributed by atoms with Crippen molar-refractivity contribution in [1.29, 1.82) is 0 Å². The average molecular weight is 324 g/mol. The summed E-state index contributed by atoms with van der Waals surface area (Å²) < 4.78 is 5.77. The third-order valence-electron chi connectivity index (χ3n) is 4.71. The predicted octanol–water partition coefficient (Wildman–Crippen LogP) is 5.54. The maximum absolute atomic E-state index is 10.6. The van der Waals surface area contributed by atoms with Gasteiger partial charge in [-0.05, 0) is 80.0 Å². The van der Waals surface area contributed by atoms with Crippen molar-refractivity contribution in [2.45, 2.75) is 46.5 Å². The van der Waals surface area contributed by atoms with E-state index in [1.807, 2.05) is 12.1 Å². The Balaban J connectivity index is 1.76. The van der Waals surface area contributed by atoms with E-state index in [4.69, 9.17) is 4.74 Å². The Morgan fingerprint density at radius 3 is 2.42 bits per heavy atom. The van der Waals surface area contributed by atoms with Crippen LogP contribution in [0.1, 0.15) is 53.2 Å². The standard InChI is InChI=1S/C22H28O2/c1-4-19(15-21-8-7-17(2)18(3)14-21)6-5-13-24-22-11-9-20(16-23)10-12-22/h7-12,14,16,19H,4-6,13,15H2,1-3H3/t19-/m1/s1. The SMILES string of the molecule is CC[C@H](CCCOc1ccc(C=O)cc1)Cc1ccc(C)c(C)c1. The molecular weight excluding hydrogens is 296 g/mol. The number of carbonyl (C=O) groups excluding carboxylic acids is 1. The van der Waals surface area contributed by atoms with E-state index in [-0.39, 0.29) is 0 Å². The third kappa shape index (κ3) is 5.52. The number of carbonyl (C=O) groups is 1. The van der Waals surface area contributed by atoms with Crippen LogP contribution in [0.5, 0.6) is 5.75 Å². The minimum atomic E-state index is 0.682. The minimum absolute atomic E-state index is 0.682. The minimum Gasteiger partial charge on any atom is -0.494 e. The summed E-state index contributed by atoms with van der Waals surface area (Å²) in [6.45, 7) is 7.34. The largest absolute Gasteiger partial charge is 0.494 e. The van der Waals surface area contributed by atoms with Crippen LogP contribution in [0.4, 0.5) is 0 Å². The molecule has 0 aliphatic rings. The number of aryl methyl sites for hydroxylation is 2. The van der Waals surface area contributed by atoms with Crippen LogP contribution in [0, 0.1) is 19.8 Å². The van der Waals surface area contributed by atoms with Gasteiger partial charge < -0.3 is 4.74 Å². The van der Waals surface area contributed by atoms with Crippen molar-refractivity contribution in [3.05, 3.63) is 64.7 Å². The second-order valence-corrected chi connectivity index (χ2v) is 6.57. The summed E-state index contributed by atoms with van der Waals surface area (Å²) in [6.07, 6.45) is 5.42. The van der Waals surface area contributed by atoms with Gasteiger partial charge in [-0.2, -0.15) is 0 Å². The molecule has 2 nitrogen and oxygen atoms in total. The van der Waals surface area contributed by atoms with Crippen LogP contribution < -0.4 is 4.74 Å². The summed E-state index contributed by atoms with van der Waals surface area (Å²) in [5.41, 5.74) is 4.86. The highest BCUT2D eigenvalue weighted by molar-refractivity contribution is 5.74. The summed E-state index contributed by atoms with van der Waals surface area (Å²) in [5.74, 6) is 1.54. The van der Waals surface area contributed by atoms with Crippen LogP contribution in [-0.4, -0.2) is 12.9 Å². The van der Waals surface area contributed by atoms with Crippen molar-refractivity contribution < 1.29 is 9.53 Å². The van der Waals surface area contributed by atoms with Crippen LogP contribution in [0.2, 0.25) is 0 Å². The molecular formula is C22H28O2. The molecule has 0 unspecified atom stereocenters. The Hall–Kier alpha value is -2.09. The fraction of sp³-hybridized carbons (Fsp3) is 0.409. The van der Waals surface area contributed by atoms with Crippen LogP contribution in [0.15, 0.2) is 42.5 Å². The molecule has 0 amide bonds. The molecule has 0 aliphatic carbocycles. The molecule has 128 valence electrons. The van der Waals surface area contributed by atoms with Crippen LogP contribution in [-0.2, 0) is 6.42 Å². The van der Waals surface area contributed by atoms with Crippen molar-refractivity contribution >= 4 is 6.29 Å². The van der Waals surface area contributed by atoms with Crippen LogP contribution in [0.25, 0.3) is 0 Å². The Labute approximate surface area is 145 Å². The van der Waals surface area contributed by atoms with E-state index in [2.05, 4.69) is 39.0 Å². The van der Waals surface area contributed by atoms with Crippen LogP contribution in [0.3, 0.4) is 0 Å². The van der Waals surface area contributed by atoms with E-state index in [9.17, 15) is 4.79 Å². The molecule has 0 bridgehead atoms. The highest BCUT2D eigenvalue weighted by Gasteiger charge is 2.08. The molecule has 24 heavy (non-hydrogen) atoms. The Kier molecular flexibility index (Phi) is 7.05. The van der Waals surface area contributed by atoms with E-state index < -0.39 is 0 Å². The zero-order valence-electron chi connectivity index (χ0n) is 15.0. The van der Waals surface area contributed by atoms with Gasteiger partial charge in [-0.25, -0.2) is 0 Å². The molecule has 2 aromatic rings. The molecule has 0 fully saturated rings. The van der Waals surface area contributed by atoms with Gasteiger partial charge in [-0.15, -0.1) is 0 Å². The zero-order chi connectivity index (χ0) is 17.4. The molecule has 0 radical (unpaired) electrons. The zero-order valence-corrected chi connectivity index (χ0v) is 15.0. The van der Waals surface area contributed by atoms with E-state index >= 15 is 0 Å². The fourth-order valence-corrected chi connectivity index (χ4v) is 2.92. The van der Waals surface area contributed by atoms with Gasteiger partial charge in [0.05, 0.1) is 6.61 Å². The van der Waals surface area contributed by atoms with E-state index in [0.717, 1.165) is 31.5 Å². The quantitative estimate of drug-likeness (QED) is 0.447. The van der Waals surface area contributed by atoms with Gasteiger partial charge in [-0.1, -0.05) is 31.5 Å². The van der Waals surface area contributed by atoms with Gasteiger partial charge in [0.1, 0.15) is 12.0 Å². The Morgan fingerprint density at radius 1 is 1.04 bits per heavy atom. The normalized spacial score (nSPS) is 12.0. The maximum atomic E-state index is 10.6. The number of aldehydes is 1. The molecule has 0 saturated heterocycles. The van der Waals surface area contributed by atoms with Crippen molar-refractivity contribution in [2.75, 3.05) is 6.61 Å². The predicted molar refractivity (Wildman–Crippen MR) is 100.0 cm³/mol. The maximum Gasteiger partial charge on any atom is 0.150 e. The first-order chi connectivity index (χ1) is 11.6. The van der Waals surface area contributed by atoms with E-state index in [0.29, 0.717) is 11.5 Å². The smallest absolute Gasteiger partial charge is 0.150 e. The second kappa shape index (κ2) is 9.27. The monoisotopic (exact) mass is 324 g/mol. The van der Waals surface area contributed by atoms with Gasteiger partial charge in [0.15, 0.2) is 0 Å². The van der Waals surface area contributed by atoms with Crippen molar-refractivity contribution in [3.8, 4) is 5.75 Å². The average Bonchev–Trinajstić information content (AvgIpc) is 2.61. The number of hydrogen-bond donors (Lipinski definition) is 0. The first-order valence-corrected chi connectivity index (χ1v) is 8.86. The van der Waals surface area contributed by atoms with Crippen molar-refractivity contribution in [3.63, 3.8) is 0 Å². The van der Waals surface area contributed by atoms with E-state index in [1.54, 1.807) is 12.1 Å². The molecule has 0 aliphatic heterocycles. The van der Waals surface area contributed by atoms with Crippen LogP contribution >= 0.6 is 0 Å².